The van der Waals surface area contributed by atoms with Gasteiger partial charge in [0.2, 0.25) is 0 Å². The van der Waals surface area contributed by atoms with E-state index in [1.165, 1.54) is 53.0 Å². The van der Waals surface area contributed by atoms with E-state index in [9.17, 15) is 9.90 Å². The molecule has 0 saturated heterocycles. The number of rotatable bonds is 8. The number of carboxylic acids is 1. The van der Waals surface area contributed by atoms with Crippen LogP contribution in [0.25, 0.3) is 32.4 Å². The van der Waals surface area contributed by atoms with Crippen molar-refractivity contribution in [2.45, 2.75) is 78.7 Å². The molecule has 1 aliphatic carbocycles. The Kier molecular flexibility index (Phi) is 7.85. The lowest BCUT2D eigenvalue weighted by Gasteiger charge is -2.24. The molecule has 5 rings (SSSR count). The average molecular weight is 540 g/mol. The van der Waals surface area contributed by atoms with Gasteiger partial charge in [0.05, 0.1) is 32.8 Å². The highest BCUT2D eigenvalue weighted by molar-refractivity contribution is 7.21. The molecule has 5 nitrogen and oxygen atoms in total. The minimum atomic E-state index is -0.841. The highest BCUT2D eigenvalue weighted by atomic mass is 32.1. The Bertz CT molecular complexity index is 1630. The molecular weight excluding hydrogens is 502 g/mol. The molecule has 0 spiro atoms. The molecule has 0 atom stereocenters. The molecule has 4 aromatic rings. The number of aliphatic imine (C=N–C) groups is 1. The Labute approximate surface area is 234 Å². The number of hydrogen-bond donors (Lipinski definition) is 1. The van der Waals surface area contributed by atoms with Gasteiger partial charge in [-0.15, -0.1) is 11.3 Å². The first-order valence-corrected chi connectivity index (χ1v) is 14.8. The van der Waals surface area contributed by atoms with Gasteiger partial charge in [0.25, 0.3) is 0 Å². The Balaban J connectivity index is 1.74. The molecule has 1 fully saturated rings. The van der Waals surface area contributed by atoms with E-state index in [0.717, 1.165) is 63.9 Å². The number of carbonyl (C=O) groups is 1. The third-order valence-electron chi connectivity index (χ3n) is 7.84. The van der Waals surface area contributed by atoms with Crippen LogP contribution < -0.4 is 0 Å². The molecule has 6 heteroatoms. The van der Waals surface area contributed by atoms with E-state index in [0.29, 0.717) is 10.8 Å². The first kappa shape index (κ1) is 27.1. The molecular formula is C33H37N3O2S. The van der Waals surface area contributed by atoms with E-state index >= 15 is 0 Å². The van der Waals surface area contributed by atoms with Crippen molar-refractivity contribution in [3.05, 3.63) is 76.5 Å². The second-order valence-corrected chi connectivity index (χ2v) is 11.7. The predicted molar refractivity (Wildman–Crippen MR) is 165 cm³/mol. The van der Waals surface area contributed by atoms with Gasteiger partial charge in [-0.25, -0.2) is 9.78 Å². The number of thiophene rings is 1. The van der Waals surface area contributed by atoms with E-state index in [2.05, 4.69) is 48.2 Å². The van der Waals surface area contributed by atoms with Gasteiger partial charge < -0.3 is 9.67 Å². The van der Waals surface area contributed by atoms with E-state index in [-0.39, 0.29) is 0 Å². The van der Waals surface area contributed by atoms with Gasteiger partial charge in [0.1, 0.15) is 4.88 Å². The summed E-state index contributed by atoms with van der Waals surface area (Å²) in [4.78, 5) is 21.9. The van der Waals surface area contributed by atoms with Gasteiger partial charge in [0.15, 0.2) is 0 Å². The first-order chi connectivity index (χ1) is 18.8. The van der Waals surface area contributed by atoms with Crippen LogP contribution in [0.5, 0.6) is 0 Å². The topological polar surface area (TPSA) is 67.5 Å². The lowest BCUT2D eigenvalue weighted by atomic mass is 9.82. The maximum absolute atomic E-state index is 11.9. The molecule has 0 amide bonds. The smallest absolute Gasteiger partial charge is 0.345 e. The summed E-state index contributed by atoms with van der Waals surface area (Å²) >= 11 is 1.45. The number of pyridine rings is 1. The number of hydrogen-bond acceptors (Lipinski definition) is 4. The van der Waals surface area contributed by atoms with E-state index in [1.54, 1.807) is 6.20 Å². The number of aromatic nitrogens is 2. The number of nitrogens with zero attached hydrogens (tertiary/aromatic N) is 3. The molecule has 39 heavy (non-hydrogen) atoms. The van der Waals surface area contributed by atoms with Crippen molar-refractivity contribution in [3.63, 3.8) is 0 Å². The third kappa shape index (κ3) is 4.98. The molecule has 0 bridgehead atoms. The van der Waals surface area contributed by atoms with Crippen molar-refractivity contribution >= 4 is 44.1 Å². The summed E-state index contributed by atoms with van der Waals surface area (Å²) in [5, 5.41) is 10.9. The third-order valence-corrected chi connectivity index (χ3v) is 8.99. The minimum Gasteiger partial charge on any atom is -0.477 e. The monoisotopic (exact) mass is 539 g/mol. The molecule has 0 aliphatic heterocycles. The number of aromatic carboxylic acids is 1. The highest BCUT2D eigenvalue weighted by Crippen LogP contribution is 2.48. The second-order valence-electron chi connectivity index (χ2n) is 10.6. The van der Waals surface area contributed by atoms with Crippen LogP contribution in [-0.4, -0.2) is 26.3 Å². The maximum Gasteiger partial charge on any atom is 0.345 e. The van der Waals surface area contributed by atoms with Crippen LogP contribution >= 0.6 is 11.3 Å². The number of fused-ring (bicyclic) bond motifs is 2. The van der Waals surface area contributed by atoms with Crippen LogP contribution in [0.4, 0.5) is 0 Å². The normalized spacial score (nSPS) is 15.1. The fourth-order valence-electron chi connectivity index (χ4n) is 6.05. The molecule has 3 heterocycles. The number of carboxylic acid groups (broad SMARTS) is 1. The van der Waals surface area contributed by atoms with Crippen LogP contribution in [0.1, 0.15) is 91.7 Å². The van der Waals surface area contributed by atoms with Crippen LogP contribution in [0.2, 0.25) is 0 Å². The second kappa shape index (κ2) is 11.3. The van der Waals surface area contributed by atoms with Gasteiger partial charge in [-0.2, -0.15) is 0 Å². The van der Waals surface area contributed by atoms with Crippen molar-refractivity contribution in [3.8, 4) is 11.3 Å². The molecule has 1 aromatic carbocycles. The van der Waals surface area contributed by atoms with Crippen molar-refractivity contribution in [2.75, 3.05) is 0 Å². The van der Waals surface area contributed by atoms with Gasteiger partial charge in [-0.3, -0.25) is 4.99 Å². The predicted octanol–water partition coefficient (Wildman–Crippen LogP) is 9.28. The molecule has 1 N–H and O–H groups in total. The average Bonchev–Trinajstić information content (AvgIpc) is 3.48. The van der Waals surface area contributed by atoms with Crippen molar-refractivity contribution in [2.24, 2.45) is 4.99 Å². The van der Waals surface area contributed by atoms with Crippen LogP contribution in [0, 0.1) is 6.92 Å². The fourth-order valence-corrected chi connectivity index (χ4v) is 7.18. The van der Waals surface area contributed by atoms with Gasteiger partial charge >= 0.3 is 5.97 Å². The first-order valence-electron chi connectivity index (χ1n) is 14.0. The summed E-state index contributed by atoms with van der Waals surface area (Å²) in [6, 6.07) is 10.4. The standard InChI is InChI=1S/C33H37N3O2S/c1-6-17-34-30(20(3)4)26-16-13-23-21(5)24(14-15-25(23)35-26)31-29(22-11-9-8-10-12-22)32-27(36(31)18-7-2)19-28(39-32)33(37)38/h6,13-17,19,22H,3,7-12,18H2,1-2,4-5H3,(H,37,38)/b17-6-,34-30?. The zero-order chi connectivity index (χ0) is 27.7. The summed E-state index contributed by atoms with van der Waals surface area (Å²) in [6.45, 7) is 13.2. The summed E-state index contributed by atoms with van der Waals surface area (Å²) in [5.41, 5.74) is 9.53. The maximum atomic E-state index is 11.9. The Morgan fingerprint density at radius 3 is 2.67 bits per heavy atom. The summed E-state index contributed by atoms with van der Waals surface area (Å²) in [5.74, 6) is -0.391. The molecule has 3 aromatic heterocycles. The lowest BCUT2D eigenvalue weighted by molar-refractivity contribution is 0.0702. The highest BCUT2D eigenvalue weighted by Gasteiger charge is 2.29. The summed E-state index contributed by atoms with van der Waals surface area (Å²) < 4.78 is 3.54. The number of benzene rings is 1. The van der Waals surface area contributed by atoms with E-state index in [1.807, 2.05) is 32.1 Å². The number of aryl methyl sites for hydroxylation is 2. The van der Waals surface area contributed by atoms with E-state index in [4.69, 9.17) is 4.98 Å². The van der Waals surface area contributed by atoms with Gasteiger partial charge in [-0.05, 0) is 80.9 Å². The van der Waals surface area contributed by atoms with Gasteiger partial charge in [-0.1, -0.05) is 51.0 Å². The molecule has 0 unspecified atom stereocenters. The zero-order valence-corrected chi connectivity index (χ0v) is 24.2. The fraction of sp³-hybridized carbons (Fsp3) is 0.364. The minimum absolute atomic E-state index is 0.424. The quantitative estimate of drug-likeness (QED) is 0.227. The summed E-state index contributed by atoms with van der Waals surface area (Å²) in [7, 11) is 0. The lowest BCUT2D eigenvalue weighted by Crippen LogP contribution is -2.08. The molecule has 1 saturated carbocycles. The SMILES string of the molecule is C=C(C)C(=N/C=C\C)c1ccc2c(C)c(-c3c(C4CCCCC4)c4sc(C(=O)O)cc4n3CCC)ccc2n1. The molecule has 0 radical (unpaired) electrons. The van der Waals surface area contributed by atoms with Crippen molar-refractivity contribution < 1.29 is 9.90 Å². The summed E-state index contributed by atoms with van der Waals surface area (Å²) in [6.07, 6.45) is 10.7. The Hall–Kier alpha value is -3.51. The van der Waals surface area contributed by atoms with Crippen LogP contribution in [0.3, 0.4) is 0 Å². The Morgan fingerprint density at radius 1 is 1.23 bits per heavy atom. The van der Waals surface area contributed by atoms with E-state index < -0.39 is 5.97 Å². The van der Waals surface area contributed by atoms with Gasteiger partial charge in [0, 0.05) is 23.7 Å². The molecule has 1 aliphatic rings. The van der Waals surface area contributed by atoms with Crippen molar-refractivity contribution in [1.29, 1.82) is 0 Å². The molecule has 202 valence electrons. The van der Waals surface area contributed by atoms with Crippen LogP contribution in [-0.2, 0) is 6.54 Å². The largest absolute Gasteiger partial charge is 0.477 e. The zero-order valence-electron chi connectivity index (χ0n) is 23.4. The number of allylic oxidation sites excluding steroid dienone is 2. The Morgan fingerprint density at radius 2 is 2.00 bits per heavy atom. The van der Waals surface area contributed by atoms with Crippen molar-refractivity contribution in [1.82, 2.24) is 9.55 Å². The van der Waals surface area contributed by atoms with Crippen LogP contribution in [0.15, 0.2) is 59.8 Å².